The summed E-state index contributed by atoms with van der Waals surface area (Å²) >= 11 is -1.18. The third-order valence-corrected chi connectivity index (χ3v) is 3.41. The summed E-state index contributed by atoms with van der Waals surface area (Å²) in [5, 5.41) is 0. The van der Waals surface area contributed by atoms with Crippen LogP contribution >= 0.6 is 0 Å². The second-order valence-corrected chi connectivity index (χ2v) is 6.95. The Kier molecular flexibility index (Phi) is 4.16. The Labute approximate surface area is 101 Å². The van der Waals surface area contributed by atoms with Gasteiger partial charge in [-0.25, -0.2) is 0 Å². The Morgan fingerprint density at radius 2 is 1.62 bits per heavy atom. The summed E-state index contributed by atoms with van der Waals surface area (Å²) in [5.41, 5.74) is 3.40. The fourth-order valence-corrected chi connectivity index (χ4v) is 1.88. The van der Waals surface area contributed by atoms with Crippen molar-refractivity contribution in [3.63, 3.8) is 0 Å². The van der Waals surface area contributed by atoms with Crippen LogP contribution in [-0.2, 0) is 11.4 Å². The molecule has 0 spiro atoms. The summed E-state index contributed by atoms with van der Waals surface area (Å²) in [5.74, 6) is 0. The number of nitrogens with zero attached hydrogens (tertiary/aromatic N) is 1. The quantitative estimate of drug-likeness (QED) is 0.574. The van der Waals surface area contributed by atoms with Crippen molar-refractivity contribution in [3.05, 3.63) is 34.9 Å². The van der Waals surface area contributed by atoms with E-state index in [1.807, 2.05) is 46.8 Å². The highest BCUT2D eigenvalue weighted by Crippen LogP contribution is 2.17. The number of hydrogen-bond acceptors (Lipinski definition) is 2. The molecule has 0 amide bonds. The van der Waals surface area contributed by atoms with Gasteiger partial charge in [-0.3, -0.25) is 0 Å². The second kappa shape index (κ2) is 5.02. The molecular weight excluding hydrogens is 218 g/mol. The van der Waals surface area contributed by atoms with Gasteiger partial charge in [0, 0.05) is 0 Å². The average Bonchev–Trinajstić information content (AvgIpc) is 2.11. The zero-order chi connectivity index (χ0) is 12.3. The first kappa shape index (κ1) is 13.3. The highest BCUT2D eigenvalue weighted by molar-refractivity contribution is 7.91. The van der Waals surface area contributed by atoms with Crippen LogP contribution in [0.1, 0.15) is 37.5 Å². The molecule has 16 heavy (non-hydrogen) atoms. The number of rotatable bonds is 2. The summed E-state index contributed by atoms with van der Waals surface area (Å²) in [6.45, 7) is 9.85. The van der Waals surface area contributed by atoms with E-state index >= 15 is 0 Å². The van der Waals surface area contributed by atoms with Gasteiger partial charge in [0.05, 0.1) is 6.21 Å². The molecule has 1 aromatic carbocycles. The molecule has 1 aromatic rings. The average molecular weight is 237 g/mol. The first-order chi connectivity index (χ1) is 7.29. The Hall–Kier alpha value is -0.800. The monoisotopic (exact) mass is 237 g/mol. The predicted molar refractivity (Wildman–Crippen MR) is 71.4 cm³/mol. The highest BCUT2D eigenvalue weighted by atomic mass is 32.2. The van der Waals surface area contributed by atoms with Gasteiger partial charge in [-0.1, -0.05) is 33.7 Å². The first-order valence-electron chi connectivity index (χ1n) is 5.33. The van der Waals surface area contributed by atoms with E-state index in [4.69, 9.17) is 0 Å². The molecule has 0 saturated heterocycles. The van der Waals surface area contributed by atoms with Crippen LogP contribution in [0.5, 0.6) is 0 Å². The molecule has 0 heterocycles. The number of aryl methyl sites for hydroxylation is 2. The molecule has 3 heteroatoms. The minimum atomic E-state index is -1.18. The van der Waals surface area contributed by atoms with Crippen molar-refractivity contribution in [2.45, 2.75) is 39.4 Å². The lowest BCUT2D eigenvalue weighted by Gasteiger charge is -2.17. The first-order valence-corrected chi connectivity index (χ1v) is 6.44. The maximum absolute atomic E-state index is 11.7. The third kappa shape index (κ3) is 3.99. The maximum Gasteiger partial charge on any atom is 0.144 e. The van der Waals surface area contributed by atoms with Gasteiger partial charge in [0.15, 0.2) is 0 Å². The van der Waals surface area contributed by atoms with Gasteiger partial charge in [-0.2, -0.15) is 0 Å². The van der Waals surface area contributed by atoms with Crippen molar-refractivity contribution in [2.24, 2.45) is 4.40 Å². The van der Waals surface area contributed by atoms with Crippen molar-refractivity contribution < 1.29 is 4.55 Å². The van der Waals surface area contributed by atoms with Crippen LogP contribution < -0.4 is 0 Å². The molecular formula is C13H19NOS. The van der Waals surface area contributed by atoms with Crippen LogP contribution in [0.2, 0.25) is 0 Å². The molecule has 0 saturated carbocycles. The molecule has 1 rings (SSSR count). The van der Waals surface area contributed by atoms with E-state index in [0.29, 0.717) is 0 Å². The molecule has 0 aliphatic carbocycles. The van der Waals surface area contributed by atoms with Crippen molar-refractivity contribution in [3.8, 4) is 0 Å². The lowest BCUT2D eigenvalue weighted by molar-refractivity contribution is 0.562. The van der Waals surface area contributed by atoms with Crippen molar-refractivity contribution >= 4 is 17.6 Å². The van der Waals surface area contributed by atoms with E-state index in [-0.39, 0.29) is 4.75 Å². The van der Waals surface area contributed by atoms with Crippen LogP contribution in [0.25, 0.3) is 0 Å². The second-order valence-electron chi connectivity index (χ2n) is 5.02. The minimum Gasteiger partial charge on any atom is -0.591 e. The smallest absolute Gasteiger partial charge is 0.144 e. The largest absolute Gasteiger partial charge is 0.591 e. The van der Waals surface area contributed by atoms with Crippen molar-refractivity contribution in [1.82, 2.24) is 0 Å². The van der Waals surface area contributed by atoms with Crippen LogP contribution in [-0.4, -0.2) is 15.5 Å². The Morgan fingerprint density at radius 1 is 1.12 bits per heavy atom. The van der Waals surface area contributed by atoms with Gasteiger partial charge in [0.2, 0.25) is 0 Å². The predicted octanol–water partition coefficient (Wildman–Crippen LogP) is 3.18. The summed E-state index contributed by atoms with van der Waals surface area (Å²) in [7, 11) is 0. The Balaban J connectivity index is 2.84. The number of hydrogen-bond donors (Lipinski definition) is 0. The maximum atomic E-state index is 11.7. The fourth-order valence-electron chi connectivity index (χ4n) is 1.35. The van der Waals surface area contributed by atoms with E-state index in [1.54, 1.807) is 6.21 Å². The molecule has 1 unspecified atom stereocenters. The molecule has 1 atom stereocenters. The van der Waals surface area contributed by atoms with E-state index in [2.05, 4.69) is 10.5 Å². The molecule has 88 valence electrons. The molecule has 0 aromatic heterocycles. The topological polar surface area (TPSA) is 35.4 Å². The van der Waals surface area contributed by atoms with Crippen LogP contribution in [0.15, 0.2) is 22.6 Å². The lowest BCUT2D eigenvalue weighted by Crippen LogP contribution is -2.25. The fraction of sp³-hybridized carbons (Fsp3) is 0.462. The Bertz CT molecular complexity index is 373. The molecule has 0 fully saturated rings. The minimum absolute atomic E-state index is 0.296. The van der Waals surface area contributed by atoms with Gasteiger partial charge in [-0.15, -0.1) is 0 Å². The van der Waals surface area contributed by atoms with Gasteiger partial charge >= 0.3 is 0 Å². The van der Waals surface area contributed by atoms with Crippen LogP contribution in [0, 0.1) is 13.8 Å². The lowest BCUT2D eigenvalue weighted by atomic mass is 10.1. The highest BCUT2D eigenvalue weighted by Gasteiger charge is 2.25. The summed E-state index contributed by atoms with van der Waals surface area (Å²) < 4.78 is 15.5. The van der Waals surface area contributed by atoms with Crippen molar-refractivity contribution in [2.75, 3.05) is 0 Å². The zero-order valence-electron chi connectivity index (χ0n) is 10.6. The van der Waals surface area contributed by atoms with Gasteiger partial charge in [0.25, 0.3) is 0 Å². The third-order valence-electron chi connectivity index (χ3n) is 2.07. The molecule has 2 nitrogen and oxygen atoms in total. The standard InChI is InChI=1S/C13H19NOS/c1-10-6-11(2)8-12(7-10)9-14-16(15)13(3,4)5/h6-9H,1-5H3/b14-9+. The molecule has 0 N–H and O–H groups in total. The molecule has 0 radical (unpaired) electrons. The Morgan fingerprint density at radius 3 is 2.06 bits per heavy atom. The van der Waals surface area contributed by atoms with Gasteiger partial charge < -0.3 is 4.55 Å². The van der Waals surface area contributed by atoms with Gasteiger partial charge in [0.1, 0.15) is 16.1 Å². The summed E-state index contributed by atoms with van der Waals surface area (Å²) in [4.78, 5) is 0. The normalized spacial score (nSPS) is 14.4. The van der Waals surface area contributed by atoms with E-state index in [0.717, 1.165) is 5.56 Å². The molecule has 0 bridgehead atoms. The number of benzene rings is 1. The van der Waals surface area contributed by atoms with Crippen LogP contribution in [0.3, 0.4) is 0 Å². The summed E-state index contributed by atoms with van der Waals surface area (Å²) in [6, 6.07) is 6.19. The van der Waals surface area contributed by atoms with Crippen molar-refractivity contribution in [1.29, 1.82) is 0 Å². The summed E-state index contributed by atoms with van der Waals surface area (Å²) in [6.07, 6.45) is 1.70. The molecule has 0 aliphatic rings. The van der Waals surface area contributed by atoms with E-state index in [9.17, 15) is 4.55 Å². The van der Waals surface area contributed by atoms with E-state index in [1.165, 1.54) is 11.1 Å². The van der Waals surface area contributed by atoms with Crippen LogP contribution in [0.4, 0.5) is 0 Å². The zero-order valence-corrected chi connectivity index (χ0v) is 11.4. The van der Waals surface area contributed by atoms with E-state index < -0.39 is 11.4 Å². The van der Waals surface area contributed by atoms with Gasteiger partial charge in [-0.05, 0) is 40.2 Å². The SMILES string of the molecule is Cc1cc(C)cc(/C=N/[S+]([O-])C(C)(C)C)c1. The molecule has 0 aliphatic heterocycles.